The van der Waals surface area contributed by atoms with Crippen LogP contribution in [0.4, 0.5) is 0 Å². The van der Waals surface area contributed by atoms with Crippen LogP contribution in [0.1, 0.15) is 25.7 Å². The van der Waals surface area contributed by atoms with Crippen LogP contribution in [-0.4, -0.2) is 36.8 Å². The van der Waals surface area contributed by atoms with E-state index < -0.39 is 10.2 Å². The van der Waals surface area contributed by atoms with E-state index >= 15 is 0 Å². The van der Waals surface area contributed by atoms with Crippen LogP contribution in [0.15, 0.2) is 0 Å². The molecule has 0 bridgehead atoms. The topological polar surface area (TPSA) is 75.4 Å². The zero-order valence-corrected chi connectivity index (χ0v) is 10.7. The van der Waals surface area contributed by atoms with E-state index in [1.165, 1.54) is 4.31 Å². The van der Waals surface area contributed by atoms with E-state index in [0.29, 0.717) is 19.0 Å². The minimum absolute atomic E-state index is 0.255. The van der Waals surface area contributed by atoms with Gasteiger partial charge >= 0.3 is 0 Å². The maximum atomic E-state index is 12.0. The van der Waals surface area contributed by atoms with E-state index in [-0.39, 0.29) is 11.0 Å². The highest BCUT2D eigenvalue weighted by Crippen LogP contribution is 2.33. The van der Waals surface area contributed by atoms with Crippen molar-refractivity contribution in [2.75, 3.05) is 13.1 Å². The Morgan fingerprint density at radius 1 is 1.38 bits per heavy atom. The highest BCUT2D eigenvalue weighted by molar-refractivity contribution is 7.87. The van der Waals surface area contributed by atoms with Gasteiger partial charge in [-0.05, 0) is 31.6 Å². The van der Waals surface area contributed by atoms with E-state index in [0.717, 1.165) is 25.7 Å². The van der Waals surface area contributed by atoms with Gasteiger partial charge in [-0.1, -0.05) is 12.2 Å². The summed E-state index contributed by atoms with van der Waals surface area (Å²) in [4.78, 5) is 0.255. The molecule has 1 atom stereocenters. The first-order valence-corrected chi connectivity index (χ1v) is 7.42. The monoisotopic (exact) mass is 263 g/mol. The highest BCUT2D eigenvalue weighted by Gasteiger charge is 2.37. The molecule has 1 heterocycles. The fourth-order valence-corrected chi connectivity index (χ4v) is 3.83. The van der Waals surface area contributed by atoms with E-state index in [4.69, 9.17) is 18.0 Å². The molecule has 1 saturated heterocycles. The summed E-state index contributed by atoms with van der Waals surface area (Å²) in [5.74, 6) is 0.301. The fraction of sp³-hybridized carbons (Fsp3) is 0.889. The lowest BCUT2D eigenvalue weighted by Gasteiger charge is -2.21. The summed E-state index contributed by atoms with van der Waals surface area (Å²) in [6.07, 6.45) is 3.87. The number of nitrogens with zero attached hydrogens (tertiary/aromatic N) is 1. The van der Waals surface area contributed by atoms with E-state index in [1.54, 1.807) is 0 Å². The number of rotatable bonds is 5. The maximum absolute atomic E-state index is 12.0. The molecule has 5 nitrogen and oxygen atoms in total. The molecule has 0 radical (unpaired) electrons. The minimum Gasteiger partial charge on any atom is -0.392 e. The smallest absolute Gasteiger partial charge is 0.280 e. The van der Waals surface area contributed by atoms with Gasteiger partial charge in [0.2, 0.25) is 0 Å². The second kappa shape index (κ2) is 4.56. The van der Waals surface area contributed by atoms with Gasteiger partial charge in [-0.3, -0.25) is 0 Å². The van der Waals surface area contributed by atoms with Gasteiger partial charge in [0.25, 0.3) is 10.2 Å². The largest absolute Gasteiger partial charge is 0.392 e. The van der Waals surface area contributed by atoms with Crippen molar-refractivity contribution in [3.63, 3.8) is 0 Å². The molecule has 1 unspecified atom stereocenters. The second-order valence-electron chi connectivity index (χ2n) is 4.45. The number of thiocarbonyl (C=S) groups is 1. The molecule has 1 saturated carbocycles. The van der Waals surface area contributed by atoms with Gasteiger partial charge < -0.3 is 5.73 Å². The third-order valence-electron chi connectivity index (χ3n) is 3.08. The molecule has 0 aromatic rings. The van der Waals surface area contributed by atoms with Crippen molar-refractivity contribution >= 4 is 27.4 Å². The SMILES string of the molecule is NC(=S)C(NS(=O)(=O)N1CCCC1)C1CC1. The van der Waals surface area contributed by atoms with Crippen molar-refractivity contribution in [1.82, 2.24) is 9.03 Å². The predicted octanol–water partition coefficient (Wildman–Crippen LogP) is -0.0187. The Hall–Kier alpha value is -0.240. The van der Waals surface area contributed by atoms with Crippen LogP contribution in [0.3, 0.4) is 0 Å². The average Bonchev–Trinajstić information content (AvgIpc) is 2.87. The van der Waals surface area contributed by atoms with Crippen molar-refractivity contribution in [3.05, 3.63) is 0 Å². The van der Waals surface area contributed by atoms with Crippen LogP contribution in [0.2, 0.25) is 0 Å². The highest BCUT2D eigenvalue weighted by atomic mass is 32.2. The molecule has 0 aromatic carbocycles. The molecule has 0 aromatic heterocycles. The Morgan fingerprint density at radius 2 is 1.94 bits per heavy atom. The number of hydrogen-bond acceptors (Lipinski definition) is 3. The molecule has 16 heavy (non-hydrogen) atoms. The molecule has 0 spiro atoms. The zero-order valence-electron chi connectivity index (χ0n) is 9.05. The number of nitrogens with one attached hydrogen (secondary N) is 1. The van der Waals surface area contributed by atoms with Crippen molar-refractivity contribution in [2.24, 2.45) is 11.7 Å². The Kier molecular flexibility index (Phi) is 3.48. The standard InChI is InChI=1S/C9H17N3O2S2/c10-9(15)8(7-3-4-7)11-16(13,14)12-5-1-2-6-12/h7-8,11H,1-6H2,(H2,10,15). The summed E-state index contributed by atoms with van der Waals surface area (Å²) in [7, 11) is -3.39. The van der Waals surface area contributed by atoms with Gasteiger partial charge in [-0.2, -0.15) is 17.4 Å². The Balaban J connectivity index is 2.03. The summed E-state index contributed by atoms with van der Waals surface area (Å²) in [6, 6.07) is -0.361. The molecule has 0 amide bonds. The Labute approximate surface area is 102 Å². The summed E-state index contributed by atoms with van der Waals surface area (Å²) in [5.41, 5.74) is 5.57. The first kappa shape index (κ1) is 12.2. The quantitative estimate of drug-likeness (QED) is 0.684. The van der Waals surface area contributed by atoms with Gasteiger partial charge in [0.05, 0.1) is 11.0 Å². The predicted molar refractivity (Wildman–Crippen MR) is 66.2 cm³/mol. The average molecular weight is 263 g/mol. The van der Waals surface area contributed by atoms with Crippen LogP contribution in [-0.2, 0) is 10.2 Å². The van der Waals surface area contributed by atoms with Crippen molar-refractivity contribution < 1.29 is 8.42 Å². The molecule has 1 aliphatic heterocycles. The van der Waals surface area contributed by atoms with Crippen LogP contribution in [0.5, 0.6) is 0 Å². The summed E-state index contributed by atoms with van der Waals surface area (Å²) < 4.78 is 28.1. The first-order chi connectivity index (χ1) is 7.50. The van der Waals surface area contributed by atoms with Crippen LogP contribution in [0, 0.1) is 5.92 Å². The van der Waals surface area contributed by atoms with Gasteiger partial charge in [0, 0.05) is 13.1 Å². The molecule has 2 rings (SSSR count). The van der Waals surface area contributed by atoms with Crippen LogP contribution >= 0.6 is 12.2 Å². The van der Waals surface area contributed by atoms with E-state index in [1.807, 2.05) is 0 Å². The lowest BCUT2D eigenvalue weighted by molar-refractivity contribution is 0.457. The lowest BCUT2D eigenvalue weighted by atomic mass is 10.2. The molecule has 1 aliphatic carbocycles. The maximum Gasteiger partial charge on any atom is 0.280 e. The lowest BCUT2D eigenvalue weighted by Crippen LogP contribution is -2.50. The van der Waals surface area contributed by atoms with Crippen LogP contribution < -0.4 is 10.5 Å². The van der Waals surface area contributed by atoms with Crippen molar-refractivity contribution in [1.29, 1.82) is 0 Å². The van der Waals surface area contributed by atoms with Crippen LogP contribution in [0.25, 0.3) is 0 Å². The number of hydrogen-bond donors (Lipinski definition) is 2. The Morgan fingerprint density at radius 3 is 2.38 bits per heavy atom. The molecule has 2 aliphatic rings. The Bertz CT molecular complexity index is 372. The van der Waals surface area contributed by atoms with Crippen molar-refractivity contribution in [2.45, 2.75) is 31.7 Å². The van der Waals surface area contributed by atoms with Crippen molar-refractivity contribution in [3.8, 4) is 0 Å². The third kappa shape index (κ3) is 2.71. The fourth-order valence-electron chi connectivity index (χ4n) is 1.98. The third-order valence-corrected chi connectivity index (χ3v) is 4.93. The molecule has 3 N–H and O–H groups in total. The van der Waals surface area contributed by atoms with Gasteiger partial charge in [-0.25, -0.2) is 0 Å². The minimum atomic E-state index is -3.39. The molecule has 7 heteroatoms. The zero-order chi connectivity index (χ0) is 11.8. The second-order valence-corrected chi connectivity index (χ2v) is 6.62. The number of nitrogens with two attached hydrogens (primary N) is 1. The van der Waals surface area contributed by atoms with E-state index in [9.17, 15) is 8.42 Å². The molecule has 92 valence electrons. The van der Waals surface area contributed by atoms with Gasteiger partial charge in [0.1, 0.15) is 0 Å². The van der Waals surface area contributed by atoms with E-state index in [2.05, 4.69) is 4.72 Å². The molecular weight excluding hydrogens is 246 g/mol. The summed E-state index contributed by atoms with van der Waals surface area (Å²) in [5, 5.41) is 0. The molecule has 2 fully saturated rings. The van der Waals surface area contributed by atoms with Gasteiger partial charge in [-0.15, -0.1) is 0 Å². The van der Waals surface area contributed by atoms with Gasteiger partial charge in [0.15, 0.2) is 0 Å². The normalized spacial score (nSPS) is 24.5. The molecular formula is C9H17N3O2S2. The summed E-state index contributed by atoms with van der Waals surface area (Å²) >= 11 is 4.91. The first-order valence-electron chi connectivity index (χ1n) is 5.57. The summed E-state index contributed by atoms with van der Waals surface area (Å²) in [6.45, 7) is 1.20.